The lowest BCUT2D eigenvalue weighted by Crippen LogP contribution is -2.14. The zero-order chi connectivity index (χ0) is 14.1. The second-order valence-electron chi connectivity index (χ2n) is 5.16. The van der Waals surface area contributed by atoms with E-state index in [0.717, 1.165) is 24.0 Å². The molecule has 1 N–H and O–H groups in total. The minimum absolute atomic E-state index is 0.0443. The number of rotatable bonds is 3. The molecule has 1 aliphatic rings. The van der Waals surface area contributed by atoms with Gasteiger partial charge in [-0.1, -0.05) is 6.07 Å². The Kier molecular flexibility index (Phi) is 3.22. The van der Waals surface area contributed by atoms with Crippen LogP contribution < -0.4 is 5.32 Å². The third kappa shape index (κ3) is 2.69. The first-order valence-corrected chi connectivity index (χ1v) is 6.67. The number of carbonyl (C=O) groups excluding carboxylic acids is 1. The van der Waals surface area contributed by atoms with Crippen LogP contribution in [-0.2, 0) is 4.79 Å². The Morgan fingerprint density at radius 2 is 2.00 bits per heavy atom. The van der Waals surface area contributed by atoms with Crippen molar-refractivity contribution < 1.29 is 9.18 Å². The zero-order valence-corrected chi connectivity index (χ0v) is 11.2. The highest BCUT2D eigenvalue weighted by Crippen LogP contribution is 2.30. The Balaban J connectivity index is 1.77. The van der Waals surface area contributed by atoms with Gasteiger partial charge in [-0.25, -0.2) is 9.37 Å². The standard InChI is InChI=1S/C16H15FN2O/c1-10-8-12(4-6-14(10)17)13-5-7-15(18-9-13)19-16(20)11-2-3-11/h4-9,11H,2-3H2,1H3,(H,18,19,20). The summed E-state index contributed by atoms with van der Waals surface area (Å²) in [6.07, 6.45) is 3.63. The predicted octanol–water partition coefficient (Wildman–Crippen LogP) is 3.54. The number of carbonyl (C=O) groups is 1. The lowest BCUT2D eigenvalue weighted by molar-refractivity contribution is -0.117. The number of hydrogen-bond acceptors (Lipinski definition) is 2. The molecule has 0 aliphatic heterocycles. The van der Waals surface area contributed by atoms with Crippen LogP contribution in [0.1, 0.15) is 18.4 Å². The van der Waals surface area contributed by atoms with Gasteiger partial charge in [-0.15, -0.1) is 0 Å². The average Bonchev–Trinajstić information content (AvgIpc) is 3.27. The molecule has 1 aromatic carbocycles. The van der Waals surface area contributed by atoms with Gasteiger partial charge in [0, 0.05) is 17.7 Å². The molecule has 0 spiro atoms. The van der Waals surface area contributed by atoms with Gasteiger partial charge in [-0.3, -0.25) is 4.79 Å². The molecule has 0 bridgehead atoms. The van der Waals surface area contributed by atoms with Crippen molar-refractivity contribution >= 4 is 11.7 Å². The van der Waals surface area contributed by atoms with E-state index in [1.165, 1.54) is 6.07 Å². The molecule has 3 nitrogen and oxygen atoms in total. The first-order chi connectivity index (χ1) is 9.63. The Bertz CT molecular complexity index is 648. The molecule has 1 amide bonds. The van der Waals surface area contributed by atoms with Gasteiger partial charge >= 0.3 is 0 Å². The number of amides is 1. The number of nitrogens with zero attached hydrogens (tertiary/aromatic N) is 1. The Hall–Kier alpha value is -2.23. The van der Waals surface area contributed by atoms with Crippen molar-refractivity contribution in [2.45, 2.75) is 19.8 Å². The number of hydrogen-bond donors (Lipinski definition) is 1. The molecule has 2 aromatic rings. The summed E-state index contributed by atoms with van der Waals surface area (Å²) in [6.45, 7) is 1.73. The lowest BCUT2D eigenvalue weighted by atomic mass is 10.1. The summed E-state index contributed by atoms with van der Waals surface area (Å²) in [5, 5.41) is 2.79. The monoisotopic (exact) mass is 270 g/mol. The third-order valence-electron chi connectivity index (χ3n) is 3.45. The van der Waals surface area contributed by atoms with Crippen LogP contribution in [-0.4, -0.2) is 10.9 Å². The lowest BCUT2D eigenvalue weighted by Gasteiger charge is -2.06. The highest BCUT2D eigenvalue weighted by Gasteiger charge is 2.29. The van der Waals surface area contributed by atoms with Crippen molar-refractivity contribution in [1.82, 2.24) is 4.98 Å². The molecule has 102 valence electrons. The first kappa shape index (κ1) is 12.8. The fraction of sp³-hybridized carbons (Fsp3) is 0.250. The maximum atomic E-state index is 13.2. The van der Waals surface area contributed by atoms with E-state index in [1.807, 2.05) is 6.07 Å². The van der Waals surface area contributed by atoms with Crippen LogP contribution >= 0.6 is 0 Å². The van der Waals surface area contributed by atoms with Gasteiger partial charge in [-0.05, 0) is 55.2 Å². The summed E-state index contributed by atoms with van der Waals surface area (Å²) in [5.41, 5.74) is 2.42. The van der Waals surface area contributed by atoms with Crippen molar-refractivity contribution in [3.63, 3.8) is 0 Å². The van der Waals surface area contributed by atoms with Gasteiger partial charge in [-0.2, -0.15) is 0 Å². The molecular weight excluding hydrogens is 255 g/mol. The van der Waals surface area contributed by atoms with E-state index in [9.17, 15) is 9.18 Å². The van der Waals surface area contributed by atoms with Gasteiger partial charge in [0.1, 0.15) is 11.6 Å². The Morgan fingerprint density at radius 3 is 2.60 bits per heavy atom. The molecule has 0 saturated heterocycles. The Labute approximate surface area is 116 Å². The summed E-state index contributed by atoms with van der Waals surface area (Å²) in [7, 11) is 0. The molecular formula is C16H15FN2O. The maximum Gasteiger partial charge on any atom is 0.228 e. The number of pyridine rings is 1. The van der Waals surface area contributed by atoms with Crippen molar-refractivity contribution in [3.8, 4) is 11.1 Å². The van der Waals surface area contributed by atoms with Crippen LogP contribution in [0.5, 0.6) is 0 Å². The number of nitrogens with one attached hydrogen (secondary N) is 1. The van der Waals surface area contributed by atoms with Crippen molar-refractivity contribution in [3.05, 3.63) is 47.9 Å². The fourth-order valence-electron chi connectivity index (χ4n) is 2.04. The number of halogens is 1. The predicted molar refractivity (Wildman–Crippen MR) is 75.7 cm³/mol. The van der Waals surface area contributed by atoms with E-state index in [4.69, 9.17) is 0 Å². The van der Waals surface area contributed by atoms with Gasteiger partial charge in [0.2, 0.25) is 5.91 Å². The smallest absolute Gasteiger partial charge is 0.228 e. The molecule has 1 fully saturated rings. The molecule has 1 heterocycles. The molecule has 1 aliphatic carbocycles. The van der Waals surface area contributed by atoms with Crippen LogP contribution in [0.25, 0.3) is 11.1 Å². The Morgan fingerprint density at radius 1 is 1.25 bits per heavy atom. The largest absolute Gasteiger partial charge is 0.310 e. The van der Waals surface area contributed by atoms with E-state index in [2.05, 4.69) is 10.3 Å². The quantitative estimate of drug-likeness (QED) is 0.926. The molecule has 0 atom stereocenters. The molecule has 1 saturated carbocycles. The summed E-state index contributed by atoms with van der Waals surface area (Å²) in [5.74, 6) is 0.554. The molecule has 0 unspecified atom stereocenters. The number of benzene rings is 1. The second-order valence-corrected chi connectivity index (χ2v) is 5.16. The van der Waals surface area contributed by atoms with E-state index >= 15 is 0 Å². The van der Waals surface area contributed by atoms with Crippen molar-refractivity contribution in [2.75, 3.05) is 5.32 Å². The third-order valence-corrected chi connectivity index (χ3v) is 3.45. The highest BCUT2D eigenvalue weighted by molar-refractivity contribution is 5.93. The SMILES string of the molecule is Cc1cc(-c2ccc(NC(=O)C3CC3)nc2)ccc1F. The van der Waals surface area contributed by atoms with E-state index in [0.29, 0.717) is 11.4 Å². The average molecular weight is 270 g/mol. The summed E-state index contributed by atoms with van der Waals surface area (Å²) >= 11 is 0. The van der Waals surface area contributed by atoms with Crippen LogP contribution in [0.15, 0.2) is 36.5 Å². The number of aryl methyl sites for hydroxylation is 1. The van der Waals surface area contributed by atoms with Crippen molar-refractivity contribution in [1.29, 1.82) is 0 Å². The van der Waals surface area contributed by atoms with Crippen LogP contribution in [0.3, 0.4) is 0 Å². The van der Waals surface area contributed by atoms with Gasteiger partial charge in [0.25, 0.3) is 0 Å². The van der Waals surface area contributed by atoms with Gasteiger partial charge < -0.3 is 5.32 Å². The van der Waals surface area contributed by atoms with Gasteiger partial charge in [0.05, 0.1) is 0 Å². The summed E-state index contributed by atoms with van der Waals surface area (Å²) < 4.78 is 13.2. The van der Waals surface area contributed by atoms with E-state index < -0.39 is 0 Å². The summed E-state index contributed by atoms with van der Waals surface area (Å²) in [4.78, 5) is 15.9. The first-order valence-electron chi connectivity index (χ1n) is 6.67. The fourth-order valence-corrected chi connectivity index (χ4v) is 2.04. The van der Waals surface area contributed by atoms with E-state index in [1.54, 1.807) is 31.3 Å². The topological polar surface area (TPSA) is 42.0 Å². The molecule has 1 aromatic heterocycles. The minimum Gasteiger partial charge on any atom is -0.310 e. The van der Waals surface area contributed by atoms with Crippen LogP contribution in [0.4, 0.5) is 10.2 Å². The molecule has 0 radical (unpaired) electrons. The van der Waals surface area contributed by atoms with Crippen LogP contribution in [0.2, 0.25) is 0 Å². The molecule has 3 rings (SSSR count). The van der Waals surface area contributed by atoms with Crippen molar-refractivity contribution in [2.24, 2.45) is 5.92 Å². The molecule has 20 heavy (non-hydrogen) atoms. The normalized spacial score (nSPS) is 14.1. The summed E-state index contributed by atoms with van der Waals surface area (Å²) in [6, 6.07) is 8.61. The zero-order valence-electron chi connectivity index (χ0n) is 11.2. The maximum absolute atomic E-state index is 13.2. The number of anilines is 1. The minimum atomic E-state index is -0.213. The highest BCUT2D eigenvalue weighted by atomic mass is 19.1. The second kappa shape index (κ2) is 5.04. The van der Waals surface area contributed by atoms with Crippen LogP contribution in [0, 0.1) is 18.7 Å². The number of aromatic nitrogens is 1. The molecule has 4 heteroatoms. The van der Waals surface area contributed by atoms with E-state index in [-0.39, 0.29) is 17.6 Å². The van der Waals surface area contributed by atoms with Gasteiger partial charge in [0.15, 0.2) is 0 Å².